The zero-order chi connectivity index (χ0) is 16.8. The van der Waals surface area contributed by atoms with Crippen LogP contribution in [0.3, 0.4) is 0 Å². The fourth-order valence-corrected chi connectivity index (χ4v) is 1.72. The smallest absolute Gasteiger partial charge is 0.328 e. The zero-order valence-electron chi connectivity index (χ0n) is 13.5. The van der Waals surface area contributed by atoms with E-state index in [1.807, 2.05) is 36.4 Å². The van der Waals surface area contributed by atoms with E-state index in [9.17, 15) is 14.4 Å². The van der Waals surface area contributed by atoms with Crippen molar-refractivity contribution in [3.05, 3.63) is 0 Å². The maximum Gasteiger partial charge on any atom is 0.328 e. The molecule has 7 heteroatoms. The highest BCUT2D eigenvalue weighted by atomic mass is 127. The average molecular weight is 412 g/mol. The second-order valence-corrected chi connectivity index (χ2v) is 6.95. The topological polar surface area (TPSA) is 84.5 Å². The molecule has 0 spiro atoms. The maximum absolute atomic E-state index is 12.2. The van der Waals surface area contributed by atoms with Gasteiger partial charge in [-0.3, -0.25) is 9.59 Å². The minimum absolute atomic E-state index is 0.0808. The highest BCUT2D eigenvalue weighted by Gasteiger charge is 2.28. The monoisotopic (exact) mass is 412 g/mol. The third kappa shape index (κ3) is 8.23. The molecule has 2 atom stereocenters. The predicted octanol–water partition coefficient (Wildman–Crippen LogP) is 1.41. The number of alkyl halides is 1. The van der Waals surface area contributed by atoms with Crippen LogP contribution in [0.2, 0.25) is 0 Å². The summed E-state index contributed by atoms with van der Waals surface area (Å²) in [6, 6.07) is -1.44. The van der Waals surface area contributed by atoms with Crippen LogP contribution in [0.25, 0.3) is 0 Å². The quantitative estimate of drug-likeness (QED) is 0.393. The number of hydrogen-bond acceptors (Lipinski definition) is 4. The molecule has 122 valence electrons. The number of esters is 1. The minimum atomic E-state index is -0.769. The van der Waals surface area contributed by atoms with E-state index in [2.05, 4.69) is 10.6 Å². The molecular formula is C14H25IN2O4. The third-order valence-corrected chi connectivity index (χ3v) is 3.20. The van der Waals surface area contributed by atoms with Crippen LogP contribution in [0.15, 0.2) is 0 Å². The van der Waals surface area contributed by atoms with Gasteiger partial charge in [0.1, 0.15) is 17.7 Å². The summed E-state index contributed by atoms with van der Waals surface area (Å²) < 4.78 is 5.47. The van der Waals surface area contributed by atoms with E-state index in [0.29, 0.717) is 0 Å². The van der Waals surface area contributed by atoms with E-state index in [0.717, 1.165) is 0 Å². The van der Waals surface area contributed by atoms with Gasteiger partial charge in [0.25, 0.3) is 0 Å². The van der Waals surface area contributed by atoms with Gasteiger partial charge in [0.15, 0.2) is 0 Å². The van der Waals surface area contributed by atoms with Crippen LogP contribution < -0.4 is 10.6 Å². The normalized spacial score (nSPS) is 14.3. The maximum atomic E-state index is 12.2. The molecular weight excluding hydrogens is 387 g/mol. The van der Waals surface area contributed by atoms with Gasteiger partial charge >= 0.3 is 5.97 Å². The van der Waals surface area contributed by atoms with Crippen LogP contribution in [-0.4, -0.2) is 39.9 Å². The molecule has 0 bridgehead atoms. The van der Waals surface area contributed by atoms with E-state index < -0.39 is 23.7 Å². The lowest BCUT2D eigenvalue weighted by atomic mass is 10.0. The number of carbonyl (C=O) groups is 3. The Morgan fingerprint density at radius 1 is 1.10 bits per heavy atom. The molecule has 0 saturated carbocycles. The van der Waals surface area contributed by atoms with Crippen LogP contribution in [0.1, 0.15) is 41.5 Å². The minimum Gasteiger partial charge on any atom is -0.458 e. The zero-order valence-corrected chi connectivity index (χ0v) is 15.6. The van der Waals surface area contributed by atoms with Crippen molar-refractivity contribution in [1.82, 2.24) is 10.6 Å². The molecule has 0 aromatic carbocycles. The van der Waals surface area contributed by atoms with E-state index in [4.69, 9.17) is 4.74 Å². The molecule has 0 unspecified atom stereocenters. The molecule has 21 heavy (non-hydrogen) atoms. The predicted molar refractivity (Wildman–Crippen MR) is 89.1 cm³/mol. The summed E-state index contributed by atoms with van der Waals surface area (Å²) in [5, 5.41) is 5.23. The highest BCUT2D eigenvalue weighted by Crippen LogP contribution is 2.09. The van der Waals surface area contributed by atoms with Crippen molar-refractivity contribution in [1.29, 1.82) is 0 Å². The molecule has 0 fully saturated rings. The Morgan fingerprint density at radius 3 is 2.00 bits per heavy atom. The number of nitrogens with one attached hydrogen (secondary N) is 2. The van der Waals surface area contributed by atoms with Crippen molar-refractivity contribution in [3.63, 3.8) is 0 Å². The van der Waals surface area contributed by atoms with Gasteiger partial charge in [0.05, 0.1) is 4.43 Å². The first-order valence-electron chi connectivity index (χ1n) is 6.86. The number of rotatable bonds is 6. The highest BCUT2D eigenvalue weighted by molar-refractivity contribution is 14.1. The van der Waals surface area contributed by atoms with Crippen LogP contribution in [0.4, 0.5) is 0 Å². The number of hydrogen-bond donors (Lipinski definition) is 2. The lowest BCUT2D eigenvalue weighted by Gasteiger charge is -2.25. The molecule has 0 heterocycles. The Bertz CT molecular complexity index is 391. The van der Waals surface area contributed by atoms with Crippen molar-refractivity contribution in [3.8, 4) is 0 Å². The van der Waals surface area contributed by atoms with Crippen molar-refractivity contribution in [2.45, 2.75) is 59.2 Å². The molecule has 0 aliphatic carbocycles. The van der Waals surface area contributed by atoms with Gasteiger partial charge in [-0.25, -0.2) is 4.79 Å². The van der Waals surface area contributed by atoms with E-state index in [-0.39, 0.29) is 22.2 Å². The van der Waals surface area contributed by atoms with Crippen molar-refractivity contribution in [2.24, 2.45) is 5.92 Å². The molecule has 6 nitrogen and oxygen atoms in total. The van der Waals surface area contributed by atoms with Gasteiger partial charge < -0.3 is 15.4 Å². The fraction of sp³-hybridized carbons (Fsp3) is 0.786. The summed E-state index contributed by atoms with van der Waals surface area (Å²) in [6.45, 7) is 10.5. The molecule has 2 amide bonds. The molecule has 0 aromatic heterocycles. The van der Waals surface area contributed by atoms with Crippen molar-refractivity contribution in [2.75, 3.05) is 4.43 Å². The summed E-state index contributed by atoms with van der Waals surface area (Å²) in [5.41, 5.74) is -0.608. The van der Waals surface area contributed by atoms with Gasteiger partial charge in [0, 0.05) is 0 Å². The second-order valence-electron chi connectivity index (χ2n) is 6.19. The summed E-state index contributed by atoms with van der Waals surface area (Å²) in [5.74, 6) is -1.18. The molecule has 0 radical (unpaired) electrons. The first kappa shape index (κ1) is 20.1. The summed E-state index contributed by atoms with van der Waals surface area (Å²) in [7, 11) is 0. The molecule has 0 saturated heterocycles. The molecule has 0 aliphatic heterocycles. The number of carbonyl (C=O) groups excluding carboxylic acids is 3. The first-order valence-corrected chi connectivity index (χ1v) is 8.39. The van der Waals surface area contributed by atoms with Gasteiger partial charge in [-0.2, -0.15) is 0 Å². The number of ether oxygens (including phenoxy) is 1. The number of amides is 2. The van der Waals surface area contributed by atoms with Crippen molar-refractivity contribution < 1.29 is 19.1 Å². The third-order valence-electron chi connectivity index (χ3n) is 2.51. The van der Waals surface area contributed by atoms with Crippen LogP contribution in [0.5, 0.6) is 0 Å². The molecule has 0 rings (SSSR count). The van der Waals surface area contributed by atoms with E-state index in [1.165, 1.54) is 0 Å². The van der Waals surface area contributed by atoms with E-state index in [1.54, 1.807) is 27.7 Å². The van der Waals surface area contributed by atoms with Gasteiger partial charge in [0.2, 0.25) is 11.8 Å². The average Bonchev–Trinajstić information content (AvgIpc) is 2.32. The van der Waals surface area contributed by atoms with Crippen LogP contribution >= 0.6 is 22.6 Å². The Morgan fingerprint density at radius 2 is 1.62 bits per heavy atom. The summed E-state index contributed by atoms with van der Waals surface area (Å²) in [6.07, 6.45) is 0. The Labute approximate surface area is 139 Å². The second kappa shape index (κ2) is 8.55. The van der Waals surface area contributed by atoms with Crippen LogP contribution in [0, 0.1) is 5.92 Å². The lowest BCUT2D eigenvalue weighted by molar-refractivity contribution is -0.158. The summed E-state index contributed by atoms with van der Waals surface area (Å²) >= 11 is 1.93. The Hall–Kier alpha value is -0.860. The van der Waals surface area contributed by atoms with Crippen molar-refractivity contribution >= 4 is 40.4 Å². The van der Waals surface area contributed by atoms with Gasteiger partial charge in [-0.1, -0.05) is 36.4 Å². The first-order chi connectivity index (χ1) is 9.47. The summed E-state index contributed by atoms with van der Waals surface area (Å²) in [4.78, 5) is 35.5. The Balaban J connectivity index is 4.68. The van der Waals surface area contributed by atoms with Gasteiger partial charge in [-0.05, 0) is 33.6 Å². The number of halogens is 1. The standard InChI is InChI=1S/C14H25IN2O4/c1-8(2)11(17-10(18)7-15)12(19)16-9(3)13(20)21-14(4,5)6/h8-9,11H,7H2,1-6H3,(H,16,19)(H,17,18)/t9-,11-/m0/s1. The molecule has 0 aliphatic rings. The molecule has 0 aromatic rings. The SMILES string of the molecule is CC(C)[C@H](NC(=O)CI)C(=O)N[C@@H](C)C(=O)OC(C)(C)C. The fourth-order valence-electron chi connectivity index (χ4n) is 1.50. The molecule has 2 N–H and O–H groups in total. The van der Waals surface area contributed by atoms with Crippen LogP contribution in [-0.2, 0) is 19.1 Å². The van der Waals surface area contributed by atoms with E-state index >= 15 is 0 Å². The largest absolute Gasteiger partial charge is 0.458 e. The Kier molecular flexibility index (Phi) is 8.20. The lowest BCUT2D eigenvalue weighted by Crippen LogP contribution is -2.53. The van der Waals surface area contributed by atoms with Gasteiger partial charge in [-0.15, -0.1) is 0 Å².